The van der Waals surface area contributed by atoms with Crippen molar-refractivity contribution in [3.63, 3.8) is 0 Å². The number of aromatic nitrogens is 1. The van der Waals surface area contributed by atoms with Gasteiger partial charge in [-0.3, -0.25) is 4.98 Å². The average molecular weight is 277 g/mol. The predicted octanol–water partition coefficient (Wildman–Crippen LogP) is 3.58. The van der Waals surface area contributed by atoms with E-state index in [1.807, 2.05) is 18.2 Å². The van der Waals surface area contributed by atoms with Crippen LogP contribution in [0.1, 0.15) is 5.69 Å². The average Bonchev–Trinajstić information content (AvgIpc) is 2.45. The number of nitrogens with zero attached hydrogens (tertiary/aromatic N) is 1. The summed E-state index contributed by atoms with van der Waals surface area (Å²) in [5.41, 5.74) is 1.10. The molecular weight excluding hydrogens is 261 g/mol. The summed E-state index contributed by atoms with van der Waals surface area (Å²) in [5.74, 6) is 1.87. The number of hydrogen-bond donors (Lipinski definition) is 0. The van der Waals surface area contributed by atoms with Crippen molar-refractivity contribution in [3.05, 3.63) is 60.2 Å². The van der Waals surface area contributed by atoms with Crippen LogP contribution in [-0.2, 0) is 6.42 Å². The maximum absolute atomic E-state index is 13.2. The van der Waals surface area contributed by atoms with Crippen LogP contribution in [0.3, 0.4) is 0 Å². The number of ether oxygens (including phenoxy) is 1. The second-order valence-corrected chi connectivity index (χ2v) is 5.19. The Hall–Kier alpha value is -1.55. The molecule has 0 bridgehead atoms. The van der Waals surface area contributed by atoms with E-state index in [0.29, 0.717) is 12.4 Å². The topological polar surface area (TPSA) is 22.1 Å². The fourth-order valence-electron chi connectivity index (χ4n) is 1.60. The number of pyridine rings is 1. The molecule has 4 heteroatoms. The van der Waals surface area contributed by atoms with Crippen LogP contribution in [0, 0.1) is 5.82 Å². The molecule has 0 spiro atoms. The highest BCUT2D eigenvalue weighted by Crippen LogP contribution is 2.15. The smallest absolute Gasteiger partial charge is 0.165 e. The Morgan fingerprint density at radius 2 is 1.89 bits per heavy atom. The molecule has 0 saturated heterocycles. The summed E-state index contributed by atoms with van der Waals surface area (Å²) in [5, 5.41) is 0. The van der Waals surface area contributed by atoms with E-state index in [1.165, 1.54) is 6.07 Å². The molecule has 0 radical (unpaired) electrons. The van der Waals surface area contributed by atoms with Gasteiger partial charge < -0.3 is 4.74 Å². The van der Waals surface area contributed by atoms with Gasteiger partial charge in [0.15, 0.2) is 11.6 Å². The van der Waals surface area contributed by atoms with E-state index in [4.69, 9.17) is 4.74 Å². The summed E-state index contributed by atoms with van der Waals surface area (Å²) in [6.45, 7) is 0.522. The molecular formula is C15H16FNOS. The lowest BCUT2D eigenvalue weighted by atomic mass is 10.3. The van der Waals surface area contributed by atoms with E-state index in [0.717, 1.165) is 23.6 Å². The van der Waals surface area contributed by atoms with E-state index < -0.39 is 0 Å². The Labute approximate surface area is 117 Å². The fraction of sp³-hybridized carbons (Fsp3) is 0.267. The normalized spacial score (nSPS) is 10.4. The zero-order valence-electron chi connectivity index (χ0n) is 10.6. The third kappa shape index (κ3) is 4.91. The van der Waals surface area contributed by atoms with Gasteiger partial charge in [-0.15, -0.1) is 0 Å². The van der Waals surface area contributed by atoms with E-state index >= 15 is 0 Å². The van der Waals surface area contributed by atoms with Gasteiger partial charge in [-0.2, -0.15) is 11.8 Å². The Balaban J connectivity index is 1.59. The van der Waals surface area contributed by atoms with Crippen molar-refractivity contribution in [2.75, 3.05) is 18.1 Å². The van der Waals surface area contributed by atoms with Gasteiger partial charge >= 0.3 is 0 Å². The van der Waals surface area contributed by atoms with Crippen LogP contribution in [0.2, 0.25) is 0 Å². The predicted molar refractivity (Wildman–Crippen MR) is 77.2 cm³/mol. The quantitative estimate of drug-likeness (QED) is 0.722. The number of benzene rings is 1. The van der Waals surface area contributed by atoms with Crippen LogP contribution >= 0.6 is 11.8 Å². The molecule has 0 amide bonds. The van der Waals surface area contributed by atoms with Gasteiger partial charge in [-0.25, -0.2) is 4.39 Å². The molecule has 2 rings (SSSR count). The molecule has 0 aliphatic carbocycles. The van der Waals surface area contributed by atoms with Gasteiger partial charge in [0.1, 0.15) is 0 Å². The monoisotopic (exact) mass is 277 g/mol. The number of para-hydroxylation sites is 1. The van der Waals surface area contributed by atoms with Gasteiger partial charge in [0.2, 0.25) is 0 Å². The summed E-state index contributed by atoms with van der Waals surface area (Å²) >= 11 is 1.79. The lowest BCUT2D eigenvalue weighted by Gasteiger charge is -2.06. The van der Waals surface area contributed by atoms with Crippen molar-refractivity contribution in [1.29, 1.82) is 0 Å². The first-order chi connectivity index (χ1) is 9.36. The summed E-state index contributed by atoms with van der Waals surface area (Å²) in [7, 11) is 0. The summed E-state index contributed by atoms with van der Waals surface area (Å²) in [6, 6.07) is 12.4. The Morgan fingerprint density at radius 1 is 1.05 bits per heavy atom. The van der Waals surface area contributed by atoms with Crippen LogP contribution in [0.5, 0.6) is 5.75 Å². The highest BCUT2D eigenvalue weighted by atomic mass is 32.2. The van der Waals surface area contributed by atoms with Crippen molar-refractivity contribution < 1.29 is 9.13 Å². The molecule has 0 aliphatic rings. The molecule has 0 atom stereocenters. The van der Waals surface area contributed by atoms with E-state index in [9.17, 15) is 4.39 Å². The van der Waals surface area contributed by atoms with E-state index in [-0.39, 0.29) is 5.82 Å². The Bertz CT molecular complexity index is 493. The number of thioether (sulfide) groups is 1. The molecule has 0 aliphatic heterocycles. The molecule has 100 valence electrons. The van der Waals surface area contributed by atoms with Crippen molar-refractivity contribution in [2.45, 2.75) is 6.42 Å². The minimum atomic E-state index is -0.305. The third-order valence-corrected chi connectivity index (χ3v) is 3.50. The third-order valence-electron chi connectivity index (χ3n) is 2.55. The largest absolute Gasteiger partial charge is 0.490 e. The zero-order chi connectivity index (χ0) is 13.3. The van der Waals surface area contributed by atoms with Crippen LogP contribution in [0.25, 0.3) is 0 Å². The minimum absolute atomic E-state index is 0.305. The Kier molecular flexibility index (Phi) is 5.69. The van der Waals surface area contributed by atoms with Crippen molar-refractivity contribution in [1.82, 2.24) is 4.98 Å². The second-order valence-electron chi connectivity index (χ2n) is 3.96. The number of hydrogen-bond acceptors (Lipinski definition) is 3. The summed E-state index contributed by atoms with van der Waals surface area (Å²) < 4.78 is 18.6. The van der Waals surface area contributed by atoms with E-state index in [1.54, 1.807) is 36.2 Å². The highest BCUT2D eigenvalue weighted by Gasteiger charge is 2.00. The molecule has 2 nitrogen and oxygen atoms in total. The minimum Gasteiger partial charge on any atom is -0.490 e. The lowest BCUT2D eigenvalue weighted by Crippen LogP contribution is -2.03. The summed E-state index contributed by atoms with van der Waals surface area (Å²) in [4.78, 5) is 4.26. The standard InChI is InChI=1S/C15H16FNOS/c16-14-6-1-2-7-15(14)18-10-12-19-11-8-13-5-3-4-9-17-13/h1-7,9H,8,10-12H2. The molecule has 1 aromatic carbocycles. The van der Waals surface area contributed by atoms with Crippen LogP contribution < -0.4 is 4.74 Å². The SMILES string of the molecule is Fc1ccccc1OCCSCCc1ccccn1. The van der Waals surface area contributed by atoms with Gasteiger partial charge in [0, 0.05) is 17.6 Å². The lowest BCUT2D eigenvalue weighted by molar-refractivity contribution is 0.325. The van der Waals surface area contributed by atoms with Crippen molar-refractivity contribution in [2.24, 2.45) is 0 Å². The van der Waals surface area contributed by atoms with Crippen molar-refractivity contribution in [3.8, 4) is 5.75 Å². The zero-order valence-corrected chi connectivity index (χ0v) is 11.4. The van der Waals surface area contributed by atoms with Gasteiger partial charge in [0.05, 0.1) is 6.61 Å². The first kappa shape index (κ1) is 13.9. The molecule has 0 fully saturated rings. The fourth-order valence-corrected chi connectivity index (χ4v) is 2.36. The number of halogens is 1. The molecule has 19 heavy (non-hydrogen) atoms. The van der Waals surface area contributed by atoms with Gasteiger partial charge in [0.25, 0.3) is 0 Å². The molecule has 0 N–H and O–H groups in total. The Morgan fingerprint density at radius 3 is 2.68 bits per heavy atom. The molecule has 0 unspecified atom stereocenters. The first-order valence-electron chi connectivity index (χ1n) is 6.21. The molecule has 1 aromatic heterocycles. The number of aryl methyl sites for hydroxylation is 1. The van der Waals surface area contributed by atoms with Crippen LogP contribution in [0.4, 0.5) is 4.39 Å². The number of rotatable bonds is 7. The first-order valence-corrected chi connectivity index (χ1v) is 7.37. The maximum Gasteiger partial charge on any atom is 0.165 e. The molecule has 0 saturated carbocycles. The molecule has 2 aromatic rings. The van der Waals surface area contributed by atoms with Crippen LogP contribution in [0.15, 0.2) is 48.7 Å². The van der Waals surface area contributed by atoms with Crippen LogP contribution in [-0.4, -0.2) is 23.1 Å². The van der Waals surface area contributed by atoms with E-state index in [2.05, 4.69) is 4.98 Å². The highest BCUT2D eigenvalue weighted by molar-refractivity contribution is 7.99. The van der Waals surface area contributed by atoms with Crippen molar-refractivity contribution >= 4 is 11.8 Å². The maximum atomic E-state index is 13.2. The second kappa shape index (κ2) is 7.79. The van der Waals surface area contributed by atoms with Gasteiger partial charge in [-0.1, -0.05) is 18.2 Å². The summed E-state index contributed by atoms with van der Waals surface area (Å²) in [6.07, 6.45) is 2.76. The van der Waals surface area contributed by atoms with Gasteiger partial charge in [-0.05, 0) is 36.4 Å². The molecule has 1 heterocycles.